The summed E-state index contributed by atoms with van der Waals surface area (Å²) in [7, 11) is 0. The number of aryl methyl sites for hydroxylation is 1. The smallest absolute Gasteiger partial charge is 0.302 e. The molecule has 1 fully saturated rings. The first-order valence-electron chi connectivity index (χ1n) is 5.61. The van der Waals surface area contributed by atoms with Crippen LogP contribution in [0.2, 0.25) is 0 Å². The maximum absolute atomic E-state index is 11.4. The molecule has 5 nitrogen and oxygen atoms in total. The summed E-state index contributed by atoms with van der Waals surface area (Å²) in [5.74, 6) is 0. The van der Waals surface area contributed by atoms with Gasteiger partial charge in [-0.3, -0.25) is 9.36 Å². The quantitative estimate of drug-likeness (QED) is 0.711. The van der Waals surface area contributed by atoms with Crippen LogP contribution in [0.15, 0.2) is 11.0 Å². The largest absolute Gasteiger partial charge is 0.456 e. The van der Waals surface area contributed by atoms with Crippen LogP contribution < -0.4 is 10.3 Å². The van der Waals surface area contributed by atoms with Gasteiger partial charge in [0.25, 0.3) is 5.56 Å². The summed E-state index contributed by atoms with van der Waals surface area (Å²) in [6, 6.07) is 0.389. The van der Waals surface area contributed by atoms with Crippen molar-refractivity contribution in [3.8, 4) is 6.01 Å². The molecule has 0 unspecified atom stereocenters. The summed E-state index contributed by atoms with van der Waals surface area (Å²) >= 11 is 0. The van der Waals surface area contributed by atoms with Crippen LogP contribution in [0.1, 0.15) is 31.6 Å². The zero-order chi connectivity index (χ0) is 11.3. The van der Waals surface area contributed by atoms with Crippen LogP contribution in [0.25, 0.3) is 0 Å². The van der Waals surface area contributed by atoms with Crippen molar-refractivity contribution in [2.24, 2.45) is 0 Å². The van der Waals surface area contributed by atoms with Crippen LogP contribution in [0.4, 0.5) is 0 Å². The van der Waals surface area contributed by atoms with Gasteiger partial charge in [0, 0.05) is 18.2 Å². The average molecular weight is 222 g/mol. The van der Waals surface area contributed by atoms with Crippen molar-refractivity contribution in [3.63, 3.8) is 0 Å². The SMILES string of the molecule is CC[C@@H]1C[C@H]2Oc3nc(=O)c(C)cn3[C@@H]2O1. The van der Waals surface area contributed by atoms with Crippen molar-refractivity contribution >= 4 is 0 Å². The van der Waals surface area contributed by atoms with Gasteiger partial charge in [-0.05, 0) is 13.3 Å². The van der Waals surface area contributed by atoms with Crippen molar-refractivity contribution in [2.45, 2.75) is 45.1 Å². The predicted molar refractivity (Wildman–Crippen MR) is 56.5 cm³/mol. The van der Waals surface area contributed by atoms with Crippen molar-refractivity contribution in [1.29, 1.82) is 0 Å². The minimum atomic E-state index is -0.224. The van der Waals surface area contributed by atoms with E-state index in [0.717, 1.165) is 12.8 Å². The lowest BCUT2D eigenvalue weighted by Crippen LogP contribution is -2.16. The van der Waals surface area contributed by atoms with Crippen molar-refractivity contribution in [3.05, 3.63) is 22.1 Å². The molecular weight excluding hydrogens is 208 g/mol. The molecule has 0 bridgehead atoms. The fourth-order valence-electron chi connectivity index (χ4n) is 2.29. The van der Waals surface area contributed by atoms with Gasteiger partial charge in [-0.15, -0.1) is 0 Å². The van der Waals surface area contributed by atoms with Gasteiger partial charge < -0.3 is 9.47 Å². The molecule has 3 atom stereocenters. The number of aromatic nitrogens is 2. The van der Waals surface area contributed by atoms with E-state index in [0.29, 0.717) is 11.6 Å². The molecule has 0 radical (unpaired) electrons. The lowest BCUT2D eigenvalue weighted by Gasteiger charge is -2.12. The second kappa shape index (κ2) is 3.31. The van der Waals surface area contributed by atoms with Gasteiger partial charge in [0.05, 0.1) is 6.10 Å². The van der Waals surface area contributed by atoms with Crippen molar-refractivity contribution in [1.82, 2.24) is 9.55 Å². The van der Waals surface area contributed by atoms with Gasteiger partial charge in [-0.25, -0.2) is 0 Å². The number of hydrogen-bond acceptors (Lipinski definition) is 4. The molecule has 0 spiro atoms. The Morgan fingerprint density at radius 2 is 2.44 bits per heavy atom. The molecule has 86 valence electrons. The third-order valence-corrected chi connectivity index (χ3v) is 3.22. The third-order valence-electron chi connectivity index (χ3n) is 3.22. The first-order valence-corrected chi connectivity index (χ1v) is 5.61. The second-order valence-electron chi connectivity index (χ2n) is 4.37. The maximum atomic E-state index is 11.4. The van der Waals surface area contributed by atoms with E-state index in [9.17, 15) is 4.79 Å². The van der Waals surface area contributed by atoms with Crippen LogP contribution in [-0.4, -0.2) is 21.8 Å². The minimum absolute atomic E-state index is 0.0126. The number of nitrogens with zero attached hydrogens (tertiary/aromatic N) is 2. The molecule has 0 amide bonds. The molecule has 16 heavy (non-hydrogen) atoms. The van der Waals surface area contributed by atoms with E-state index in [1.54, 1.807) is 13.1 Å². The molecule has 1 aromatic rings. The molecule has 5 heteroatoms. The van der Waals surface area contributed by atoms with Crippen molar-refractivity contribution < 1.29 is 9.47 Å². The average Bonchev–Trinajstić information content (AvgIpc) is 2.77. The van der Waals surface area contributed by atoms with E-state index in [2.05, 4.69) is 11.9 Å². The van der Waals surface area contributed by atoms with Gasteiger partial charge in [0.2, 0.25) is 0 Å². The summed E-state index contributed by atoms with van der Waals surface area (Å²) in [6.07, 6.45) is 3.79. The monoisotopic (exact) mass is 222 g/mol. The van der Waals surface area contributed by atoms with Crippen LogP contribution in [0.5, 0.6) is 6.01 Å². The van der Waals surface area contributed by atoms with Gasteiger partial charge >= 0.3 is 6.01 Å². The van der Waals surface area contributed by atoms with E-state index in [4.69, 9.17) is 9.47 Å². The molecule has 0 aromatic carbocycles. The summed E-state index contributed by atoms with van der Waals surface area (Å²) in [4.78, 5) is 15.3. The molecule has 2 aliphatic heterocycles. The van der Waals surface area contributed by atoms with Crippen LogP contribution in [0, 0.1) is 6.92 Å². The highest BCUT2D eigenvalue weighted by Crippen LogP contribution is 2.39. The minimum Gasteiger partial charge on any atom is -0.456 e. The molecule has 3 heterocycles. The molecule has 2 aliphatic rings. The normalized spacial score (nSPS) is 31.0. The lowest BCUT2D eigenvalue weighted by molar-refractivity contribution is -0.00528. The van der Waals surface area contributed by atoms with E-state index >= 15 is 0 Å². The van der Waals surface area contributed by atoms with E-state index < -0.39 is 0 Å². The third kappa shape index (κ3) is 1.28. The number of ether oxygens (including phenoxy) is 2. The fraction of sp³-hybridized carbons (Fsp3) is 0.636. The van der Waals surface area contributed by atoms with Crippen LogP contribution in [0.3, 0.4) is 0 Å². The first kappa shape index (κ1) is 9.84. The topological polar surface area (TPSA) is 53.3 Å². The Morgan fingerprint density at radius 1 is 1.62 bits per heavy atom. The molecular formula is C11H14N2O3. The van der Waals surface area contributed by atoms with Gasteiger partial charge in [0.15, 0.2) is 6.23 Å². The second-order valence-corrected chi connectivity index (χ2v) is 4.37. The molecule has 1 aromatic heterocycles. The van der Waals surface area contributed by atoms with Crippen molar-refractivity contribution in [2.75, 3.05) is 0 Å². The Balaban J connectivity index is 2.00. The zero-order valence-corrected chi connectivity index (χ0v) is 9.34. The van der Waals surface area contributed by atoms with Gasteiger partial charge in [-0.2, -0.15) is 4.98 Å². The molecule has 1 saturated heterocycles. The van der Waals surface area contributed by atoms with E-state index in [-0.39, 0.29) is 24.0 Å². The Kier molecular flexibility index (Phi) is 2.04. The van der Waals surface area contributed by atoms with Crippen LogP contribution >= 0.6 is 0 Å². The standard InChI is InChI=1S/C11H14N2O3/c1-3-7-4-8-10(15-7)13-5-6(2)9(14)12-11(13)16-8/h5,7-8,10H,3-4H2,1-2H3/t7-,8-,10-/m1/s1. The molecule has 0 N–H and O–H groups in total. The fourth-order valence-corrected chi connectivity index (χ4v) is 2.29. The lowest BCUT2D eigenvalue weighted by atomic mass is 10.1. The highest BCUT2D eigenvalue weighted by Gasteiger charge is 2.43. The van der Waals surface area contributed by atoms with Crippen LogP contribution in [-0.2, 0) is 4.74 Å². The van der Waals surface area contributed by atoms with E-state index in [1.165, 1.54) is 0 Å². The Bertz CT molecular complexity index is 483. The Morgan fingerprint density at radius 3 is 3.19 bits per heavy atom. The summed E-state index contributed by atoms with van der Waals surface area (Å²) in [5.41, 5.74) is 0.398. The zero-order valence-electron chi connectivity index (χ0n) is 9.34. The van der Waals surface area contributed by atoms with Gasteiger partial charge in [-0.1, -0.05) is 6.92 Å². The number of hydrogen-bond donors (Lipinski definition) is 0. The number of rotatable bonds is 1. The van der Waals surface area contributed by atoms with E-state index in [1.807, 2.05) is 4.57 Å². The first-order chi connectivity index (χ1) is 7.69. The Labute approximate surface area is 93.0 Å². The summed E-state index contributed by atoms with van der Waals surface area (Å²) < 4.78 is 13.3. The molecule has 0 saturated carbocycles. The highest BCUT2D eigenvalue weighted by molar-refractivity contribution is 5.14. The molecule has 0 aliphatic carbocycles. The predicted octanol–water partition coefficient (Wildman–Crippen LogP) is 1.01. The summed E-state index contributed by atoms with van der Waals surface area (Å²) in [6.45, 7) is 3.85. The number of fused-ring (bicyclic) bond motifs is 3. The summed E-state index contributed by atoms with van der Waals surface area (Å²) in [5, 5.41) is 0. The Hall–Kier alpha value is -1.36. The van der Waals surface area contributed by atoms with Gasteiger partial charge in [0.1, 0.15) is 6.10 Å². The highest BCUT2D eigenvalue weighted by atomic mass is 16.6. The molecule has 3 rings (SSSR count). The maximum Gasteiger partial charge on any atom is 0.302 e.